The van der Waals surface area contributed by atoms with Gasteiger partial charge >= 0.3 is 6.09 Å². The zero-order valence-corrected chi connectivity index (χ0v) is 19.5. The summed E-state index contributed by atoms with van der Waals surface area (Å²) in [6.07, 6.45) is -0.00343. The molecule has 0 radical (unpaired) electrons. The molecular weight excluding hydrogens is 491 g/mol. The number of hydrogen-bond donors (Lipinski definition) is 1. The molecule has 1 aliphatic rings. The summed E-state index contributed by atoms with van der Waals surface area (Å²) in [5.74, 6) is 0.627. The van der Waals surface area contributed by atoms with Gasteiger partial charge in [-0.1, -0.05) is 6.07 Å². The van der Waals surface area contributed by atoms with E-state index in [1.165, 1.54) is 0 Å². The van der Waals surface area contributed by atoms with Crippen molar-refractivity contribution in [3.63, 3.8) is 0 Å². The summed E-state index contributed by atoms with van der Waals surface area (Å²) in [6.45, 7) is 7.57. The number of amides is 2. The summed E-state index contributed by atoms with van der Waals surface area (Å²) < 4.78 is 22.0. The SMILES string of the molecule is COCCOCOc1ccc(CN2CC[C@H](NC(=O)OC(C)(C)C)C2=O)cc1I. The molecule has 2 rings (SSSR count). The lowest BCUT2D eigenvalue weighted by molar-refractivity contribution is -0.129. The van der Waals surface area contributed by atoms with E-state index in [1.807, 2.05) is 18.2 Å². The first-order valence-electron chi connectivity index (χ1n) is 9.46. The quantitative estimate of drug-likeness (QED) is 0.306. The largest absolute Gasteiger partial charge is 0.466 e. The van der Waals surface area contributed by atoms with E-state index in [0.29, 0.717) is 32.7 Å². The molecule has 0 saturated carbocycles. The van der Waals surface area contributed by atoms with E-state index >= 15 is 0 Å². The highest BCUT2D eigenvalue weighted by atomic mass is 127. The van der Waals surface area contributed by atoms with Crippen molar-refractivity contribution in [2.45, 2.75) is 45.4 Å². The summed E-state index contributed by atoms with van der Waals surface area (Å²) >= 11 is 2.20. The van der Waals surface area contributed by atoms with Gasteiger partial charge < -0.3 is 29.2 Å². The van der Waals surface area contributed by atoms with E-state index < -0.39 is 17.7 Å². The van der Waals surface area contributed by atoms with E-state index in [2.05, 4.69) is 27.9 Å². The van der Waals surface area contributed by atoms with Crippen molar-refractivity contribution < 1.29 is 28.5 Å². The Bertz CT molecular complexity index is 707. The molecule has 1 aliphatic heterocycles. The number of carbonyl (C=O) groups is 2. The highest BCUT2D eigenvalue weighted by Crippen LogP contribution is 2.24. The molecule has 8 nitrogen and oxygen atoms in total. The number of carbonyl (C=O) groups excluding carboxylic acids is 2. The molecule has 1 aromatic carbocycles. The summed E-state index contributed by atoms with van der Waals surface area (Å²) in [4.78, 5) is 26.2. The first kappa shape index (κ1) is 23.7. The topological polar surface area (TPSA) is 86.3 Å². The van der Waals surface area contributed by atoms with E-state index in [0.717, 1.165) is 14.9 Å². The van der Waals surface area contributed by atoms with Crippen molar-refractivity contribution in [3.8, 4) is 5.75 Å². The maximum atomic E-state index is 12.6. The van der Waals surface area contributed by atoms with Gasteiger partial charge in [0, 0.05) is 20.2 Å². The summed E-state index contributed by atoms with van der Waals surface area (Å²) in [7, 11) is 1.62. The molecule has 1 fully saturated rings. The molecule has 0 unspecified atom stereocenters. The smallest absolute Gasteiger partial charge is 0.408 e. The first-order chi connectivity index (χ1) is 13.7. The van der Waals surface area contributed by atoms with Crippen molar-refractivity contribution >= 4 is 34.6 Å². The van der Waals surface area contributed by atoms with Crippen LogP contribution in [-0.4, -0.2) is 62.2 Å². The number of rotatable bonds is 9. The van der Waals surface area contributed by atoms with E-state index in [1.54, 1.807) is 32.8 Å². The number of alkyl carbamates (subject to hydrolysis) is 1. The van der Waals surface area contributed by atoms with Crippen LogP contribution in [0.25, 0.3) is 0 Å². The molecule has 9 heteroatoms. The summed E-state index contributed by atoms with van der Waals surface area (Å²) in [5, 5.41) is 2.66. The van der Waals surface area contributed by atoms with Gasteiger partial charge in [-0.15, -0.1) is 0 Å². The predicted octanol–water partition coefficient (Wildman–Crippen LogP) is 2.92. The standard InChI is InChI=1S/C20H29IN2O6/c1-20(2,3)29-19(25)22-16-7-8-23(18(16)24)12-14-5-6-17(15(21)11-14)28-13-27-10-9-26-4/h5-6,11,16H,7-10,12-13H2,1-4H3,(H,22,25)/t16-/m0/s1. The molecule has 29 heavy (non-hydrogen) atoms. The van der Waals surface area contributed by atoms with E-state index in [4.69, 9.17) is 18.9 Å². The van der Waals surface area contributed by atoms with Crippen molar-refractivity contribution in [3.05, 3.63) is 27.3 Å². The van der Waals surface area contributed by atoms with Gasteiger partial charge in [-0.25, -0.2) is 4.79 Å². The molecule has 1 saturated heterocycles. The molecule has 1 atom stereocenters. The van der Waals surface area contributed by atoms with Gasteiger partial charge in [0.1, 0.15) is 17.4 Å². The fourth-order valence-electron chi connectivity index (χ4n) is 2.77. The van der Waals surface area contributed by atoms with Crippen LogP contribution in [0.15, 0.2) is 18.2 Å². The lowest BCUT2D eigenvalue weighted by atomic mass is 10.2. The number of nitrogens with one attached hydrogen (secondary N) is 1. The molecule has 0 aromatic heterocycles. The second-order valence-corrected chi connectivity index (χ2v) is 8.84. The third-order valence-corrected chi connectivity index (χ3v) is 4.93. The van der Waals surface area contributed by atoms with E-state index in [-0.39, 0.29) is 12.7 Å². The molecule has 2 amide bonds. The van der Waals surface area contributed by atoms with Gasteiger partial charge in [-0.05, 0) is 67.5 Å². The number of nitrogens with zero attached hydrogens (tertiary/aromatic N) is 1. The molecular formula is C20H29IN2O6. The second kappa shape index (κ2) is 11.0. The van der Waals surface area contributed by atoms with Gasteiger partial charge in [0.05, 0.1) is 16.8 Å². The molecule has 162 valence electrons. The van der Waals surface area contributed by atoms with Crippen molar-refractivity contribution in [1.82, 2.24) is 10.2 Å². The van der Waals surface area contributed by atoms with Gasteiger partial charge in [-0.2, -0.15) is 0 Å². The Labute approximate surface area is 185 Å². The van der Waals surface area contributed by atoms with Crippen LogP contribution in [0.4, 0.5) is 4.79 Å². The zero-order chi connectivity index (χ0) is 21.4. The average Bonchev–Trinajstić information content (AvgIpc) is 2.95. The number of ether oxygens (including phenoxy) is 4. The molecule has 0 bridgehead atoms. The number of benzene rings is 1. The van der Waals surface area contributed by atoms with Crippen molar-refractivity contribution in [1.29, 1.82) is 0 Å². The van der Waals surface area contributed by atoms with Gasteiger partial charge in [-0.3, -0.25) is 4.79 Å². The van der Waals surface area contributed by atoms with Gasteiger partial charge in [0.15, 0.2) is 6.79 Å². The Morgan fingerprint density at radius 2 is 2.07 bits per heavy atom. The predicted molar refractivity (Wildman–Crippen MR) is 116 cm³/mol. The van der Waals surface area contributed by atoms with Crippen LogP contribution in [0.3, 0.4) is 0 Å². The Hall–Kier alpha value is -1.59. The van der Waals surface area contributed by atoms with Gasteiger partial charge in [0.2, 0.25) is 5.91 Å². The molecule has 1 heterocycles. The molecule has 0 spiro atoms. The third kappa shape index (κ3) is 7.98. The average molecular weight is 520 g/mol. The fourth-order valence-corrected chi connectivity index (χ4v) is 3.50. The Kier molecular flexibility index (Phi) is 8.97. The minimum atomic E-state index is -0.596. The third-order valence-electron chi connectivity index (χ3n) is 4.09. The normalized spacial score (nSPS) is 16.8. The monoisotopic (exact) mass is 520 g/mol. The van der Waals surface area contributed by atoms with Crippen molar-refractivity contribution in [2.24, 2.45) is 0 Å². The molecule has 1 aromatic rings. The lowest BCUT2D eigenvalue weighted by Crippen LogP contribution is -2.43. The Morgan fingerprint density at radius 1 is 1.31 bits per heavy atom. The van der Waals surface area contributed by atoms with Crippen LogP contribution in [0, 0.1) is 3.57 Å². The fraction of sp³-hybridized carbons (Fsp3) is 0.600. The highest BCUT2D eigenvalue weighted by molar-refractivity contribution is 14.1. The highest BCUT2D eigenvalue weighted by Gasteiger charge is 2.33. The maximum absolute atomic E-state index is 12.6. The van der Waals surface area contributed by atoms with Crippen LogP contribution in [0.1, 0.15) is 32.8 Å². The molecule has 1 N–H and O–H groups in total. The zero-order valence-electron chi connectivity index (χ0n) is 17.3. The van der Waals surface area contributed by atoms with Crippen LogP contribution >= 0.6 is 22.6 Å². The summed E-state index contributed by atoms with van der Waals surface area (Å²) in [6, 6.07) is 5.23. The maximum Gasteiger partial charge on any atom is 0.408 e. The lowest BCUT2D eigenvalue weighted by Gasteiger charge is -2.22. The van der Waals surface area contributed by atoms with Crippen LogP contribution in [0.2, 0.25) is 0 Å². The van der Waals surface area contributed by atoms with Crippen molar-refractivity contribution in [2.75, 3.05) is 33.7 Å². The summed E-state index contributed by atoms with van der Waals surface area (Å²) in [5.41, 5.74) is 0.397. The second-order valence-electron chi connectivity index (χ2n) is 7.68. The van der Waals surface area contributed by atoms with Gasteiger partial charge in [0.25, 0.3) is 0 Å². The number of hydrogen-bond acceptors (Lipinski definition) is 6. The van der Waals surface area contributed by atoms with Crippen LogP contribution in [0.5, 0.6) is 5.75 Å². The number of likely N-dealkylation sites (tertiary alicyclic amines) is 1. The van der Waals surface area contributed by atoms with E-state index in [9.17, 15) is 9.59 Å². The minimum Gasteiger partial charge on any atom is -0.466 e. The number of halogens is 1. The minimum absolute atomic E-state index is 0.0993. The van der Waals surface area contributed by atoms with Crippen LogP contribution < -0.4 is 10.1 Å². The van der Waals surface area contributed by atoms with Crippen LogP contribution in [-0.2, 0) is 25.5 Å². The number of methoxy groups -OCH3 is 1. The first-order valence-corrected chi connectivity index (χ1v) is 10.5. The Morgan fingerprint density at radius 3 is 2.72 bits per heavy atom. The Balaban J connectivity index is 1.84. The molecule has 0 aliphatic carbocycles.